The van der Waals surface area contributed by atoms with E-state index in [9.17, 15) is 9.59 Å². The highest BCUT2D eigenvalue weighted by Gasteiger charge is 2.16. The molecule has 2 aromatic rings. The molecule has 7 heteroatoms. The van der Waals surface area contributed by atoms with E-state index in [1.54, 1.807) is 36.6 Å². The molecule has 0 bridgehead atoms. The molecule has 0 fully saturated rings. The third-order valence-electron chi connectivity index (χ3n) is 2.96. The average Bonchev–Trinajstić information content (AvgIpc) is 2.99. The zero-order chi connectivity index (χ0) is 16.1. The molecule has 1 heterocycles. The van der Waals surface area contributed by atoms with Crippen molar-refractivity contribution in [1.82, 2.24) is 4.90 Å². The van der Waals surface area contributed by atoms with Gasteiger partial charge < -0.3 is 15.4 Å². The van der Waals surface area contributed by atoms with Gasteiger partial charge in [0.25, 0.3) is 5.91 Å². The fourth-order valence-corrected chi connectivity index (χ4v) is 2.86. The maximum Gasteiger partial charge on any atom is 0.340 e. The molecule has 0 atom stereocenters. The number of anilines is 1. The van der Waals surface area contributed by atoms with Crippen LogP contribution in [0.2, 0.25) is 0 Å². The first kappa shape index (κ1) is 16.5. The minimum Gasteiger partial charge on any atom is -0.452 e. The molecule has 2 rings (SSSR count). The maximum absolute atomic E-state index is 12.0. The summed E-state index contributed by atoms with van der Waals surface area (Å²) in [6, 6.07) is 8.77. The number of carbonyl (C=O) groups is 2. The summed E-state index contributed by atoms with van der Waals surface area (Å²) in [4.78, 5) is 26.5. The van der Waals surface area contributed by atoms with Gasteiger partial charge >= 0.3 is 5.97 Å². The Morgan fingerprint density at radius 1 is 1.36 bits per heavy atom. The Morgan fingerprint density at radius 2 is 2.14 bits per heavy atom. The molecular formula is C15H15BrN2O3S. The number of nitrogen functional groups attached to an aromatic ring is 1. The summed E-state index contributed by atoms with van der Waals surface area (Å²) in [5, 5.41) is 1.95. The number of nitrogens with zero attached hydrogens (tertiary/aromatic N) is 1. The highest BCUT2D eigenvalue weighted by molar-refractivity contribution is 9.10. The van der Waals surface area contributed by atoms with E-state index in [1.807, 2.05) is 17.5 Å². The van der Waals surface area contributed by atoms with Crippen LogP contribution < -0.4 is 5.73 Å². The van der Waals surface area contributed by atoms with Crippen LogP contribution in [-0.2, 0) is 16.1 Å². The van der Waals surface area contributed by atoms with Crippen molar-refractivity contribution in [3.63, 3.8) is 0 Å². The van der Waals surface area contributed by atoms with E-state index < -0.39 is 5.97 Å². The molecule has 0 aliphatic heterocycles. The summed E-state index contributed by atoms with van der Waals surface area (Å²) >= 11 is 4.83. The first-order chi connectivity index (χ1) is 10.5. The number of amides is 1. The third-order valence-corrected chi connectivity index (χ3v) is 4.32. The molecule has 116 valence electrons. The maximum atomic E-state index is 12.0. The number of likely N-dealkylation sites (N-methyl/N-ethyl adjacent to an activating group) is 1. The Morgan fingerprint density at radius 3 is 2.82 bits per heavy atom. The molecule has 5 nitrogen and oxygen atoms in total. The van der Waals surface area contributed by atoms with Crippen LogP contribution in [0.1, 0.15) is 15.2 Å². The Labute approximate surface area is 140 Å². The van der Waals surface area contributed by atoms with Crippen LogP contribution >= 0.6 is 27.3 Å². The first-order valence-corrected chi connectivity index (χ1v) is 8.13. The quantitative estimate of drug-likeness (QED) is 0.637. The predicted molar refractivity (Wildman–Crippen MR) is 89.6 cm³/mol. The van der Waals surface area contributed by atoms with Crippen molar-refractivity contribution < 1.29 is 14.3 Å². The average molecular weight is 383 g/mol. The zero-order valence-electron chi connectivity index (χ0n) is 11.9. The van der Waals surface area contributed by atoms with Gasteiger partial charge in [-0.25, -0.2) is 4.79 Å². The number of thiophene rings is 1. The van der Waals surface area contributed by atoms with Crippen molar-refractivity contribution >= 4 is 44.8 Å². The van der Waals surface area contributed by atoms with E-state index in [2.05, 4.69) is 15.9 Å². The van der Waals surface area contributed by atoms with E-state index in [4.69, 9.17) is 10.5 Å². The molecule has 0 saturated heterocycles. The molecule has 22 heavy (non-hydrogen) atoms. The molecule has 1 amide bonds. The fraction of sp³-hybridized carbons (Fsp3) is 0.200. The van der Waals surface area contributed by atoms with E-state index in [-0.39, 0.29) is 18.1 Å². The summed E-state index contributed by atoms with van der Waals surface area (Å²) in [5.74, 6) is -0.882. The summed E-state index contributed by atoms with van der Waals surface area (Å²) < 4.78 is 5.76. The summed E-state index contributed by atoms with van der Waals surface area (Å²) in [6.45, 7) is 0.180. The second kappa shape index (κ2) is 7.42. The number of benzene rings is 1. The van der Waals surface area contributed by atoms with E-state index in [0.717, 1.165) is 9.35 Å². The van der Waals surface area contributed by atoms with Crippen molar-refractivity contribution in [1.29, 1.82) is 0 Å². The highest BCUT2D eigenvalue weighted by atomic mass is 79.9. The number of ether oxygens (including phenoxy) is 1. The van der Waals surface area contributed by atoms with Gasteiger partial charge in [0.15, 0.2) is 6.61 Å². The first-order valence-electron chi connectivity index (χ1n) is 6.46. The summed E-state index contributed by atoms with van der Waals surface area (Å²) in [6.07, 6.45) is 0. The topological polar surface area (TPSA) is 72.6 Å². The van der Waals surface area contributed by atoms with E-state index >= 15 is 0 Å². The lowest BCUT2D eigenvalue weighted by molar-refractivity contribution is -0.133. The van der Waals surface area contributed by atoms with Gasteiger partial charge in [0, 0.05) is 22.1 Å². The molecule has 1 aromatic heterocycles. The molecule has 1 aromatic carbocycles. The SMILES string of the molecule is CN(Cc1cccs1)C(=O)COC(=O)c1cc(Br)ccc1N. The molecule has 0 unspecified atom stereocenters. The second-order valence-corrected chi connectivity index (χ2v) is 6.58. The van der Waals surface area contributed by atoms with Gasteiger partial charge in [0.1, 0.15) is 0 Å². The van der Waals surface area contributed by atoms with Crippen molar-refractivity contribution in [3.05, 3.63) is 50.6 Å². The Kier molecular flexibility index (Phi) is 5.57. The van der Waals surface area contributed by atoms with Crippen molar-refractivity contribution in [2.75, 3.05) is 19.4 Å². The van der Waals surface area contributed by atoms with Gasteiger partial charge in [0.05, 0.1) is 12.1 Å². The standard InChI is InChI=1S/C15H15BrN2O3S/c1-18(8-11-3-2-6-22-11)14(19)9-21-15(20)12-7-10(16)4-5-13(12)17/h2-7H,8-9,17H2,1H3. The molecule has 0 aliphatic carbocycles. The molecule has 0 aliphatic rings. The predicted octanol–water partition coefficient (Wildman–Crippen LogP) is 2.91. The Hall–Kier alpha value is -1.86. The molecule has 0 radical (unpaired) electrons. The van der Waals surface area contributed by atoms with Crippen LogP contribution in [0.5, 0.6) is 0 Å². The van der Waals surface area contributed by atoms with Crippen molar-refractivity contribution in [2.24, 2.45) is 0 Å². The Bertz CT molecular complexity index is 673. The smallest absolute Gasteiger partial charge is 0.340 e. The number of hydrogen-bond donors (Lipinski definition) is 1. The molecule has 0 saturated carbocycles. The normalized spacial score (nSPS) is 10.3. The van der Waals surface area contributed by atoms with E-state index in [0.29, 0.717) is 12.2 Å². The number of halogens is 1. The van der Waals surface area contributed by atoms with Gasteiger partial charge in [-0.15, -0.1) is 11.3 Å². The van der Waals surface area contributed by atoms with Gasteiger partial charge in [-0.2, -0.15) is 0 Å². The van der Waals surface area contributed by atoms with Crippen LogP contribution in [0, 0.1) is 0 Å². The van der Waals surface area contributed by atoms with E-state index in [1.165, 1.54) is 4.90 Å². The molecule has 0 spiro atoms. The number of nitrogens with two attached hydrogens (primary N) is 1. The largest absolute Gasteiger partial charge is 0.452 e. The highest BCUT2D eigenvalue weighted by Crippen LogP contribution is 2.19. The van der Waals surface area contributed by atoms with Crippen LogP contribution in [0.25, 0.3) is 0 Å². The minimum atomic E-state index is -0.614. The van der Waals surface area contributed by atoms with Crippen LogP contribution in [-0.4, -0.2) is 30.4 Å². The summed E-state index contributed by atoms with van der Waals surface area (Å²) in [5.41, 5.74) is 6.28. The van der Waals surface area contributed by atoms with Crippen molar-refractivity contribution in [3.8, 4) is 0 Å². The van der Waals surface area contributed by atoms with Gasteiger partial charge in [-0.3, -0.25) is 4.79 Å². The third kappa shape index (κ3) is 4.32. The number of rotatable bonds is 5. The monoisotopic (exact) mass is 382 g/mol. The number of esters is 1. The summed E-state index contributed by atoms with van der Waals surface area (Å²) in [7, 11) is 1.67. The Balaban J connectivity index is 1.90. The van der Waals surface area contributed by atoms with Crippen LogP contribution in [0.15, 0.2) is 40.2 Å². The lowest BCUT2D eigenvalue weighted by Crippen LogP contribution is -2.30. The number of hydrogen-bond acceptors (Lipinski definition) is 5. The lowest BCUT2D eigenvalue weighted by atomic mass is 10.2. The number of carbonyl (C=O) groups excluding carboxylic acids is 2. The second-order valence-electron chi connectivity index (χ2n) is 4.64. The minimum absolute atomic E-state index is 0.239. The van der Waals surface area contributed by atoms with Gasteiger partial charge in [-0.1, -0.05) is 22.0 Å². The molecular weight excluding hydrogens is 368 g/mol. The van der Waals surface area contributed by atoms with Crippen LogP contribution in [0.4, 0.5) is 5.69 Å². The van der Waals surface area contributed by atoms with Crippen molar-refractivity contribution in [2.45, 2.75) is 6.54 Å². The lowest BCUT2D eigenvalue weighted by Gasteiger charge is -2.16. The van der Waals surface area contributed by atoms with Gasteiger partial charge in [0.2, 0.25) is 0 Å². The van der Waals surface area contributed by atoms with Crippen LogP contribution in [0.3, 0.4) is 0 Å². The molecule has 2 N–H and O–H groups in total. The van der Waals surface area contributed by atoms with Gasteiger partial charge in [-0.05, 0) is 29.6 Å². The fourth-order valence-electron chi connectivity index (χ4n) is 1.74. The zero-order valence-corrected chi connectivity index (χ0v) is 14.3.